The van der Waals surface area contributed by atoms with Crippen molar-refractivity contribution in [1.82, 2.24) is 5.32 Å². The molecule has 0 aromatic rings. The second-order valence-corrected chi connectivity index (χ2v) is 26.6. The van der Waals surface area contributed by atoms with Crippen LogP contribution in [0.15, 0.2) is 60.8 Å². The summed E-state index contributed by atoms with van der Waals surface area (Å²) in [6.07, 6.45) is 85.8. The van der Waals surface area contributed by atoms with Crippen molar-refractivity contribution in [1.29, 1.82) is 0 Å². The Morgan fingerprint density at radius 1 is 0.444 bits per heavy atom. The number of phosphoric acid groups is 1. The van der Waals surface area contributed by atoms with Crippen LogP contribution in [0.1, 0.15) is 341 Å². The number of quaternary nitrogens is 1. The Hall–Kier alpha value is -1.80. The van der Waals surface area contributed by atoms with Crippen LogP contribution in [0.4, 0.5) is 0 Å². The maximum Gasteiger partial charge on any atom is 0.268 e. The molecular weight excluding hydrogens is 1020 g/mol. The van der Waals surface area contributed by atoms with Gasteiger partial charge < -0.3 is 28.8 Å². The fourth-order valence-electron chi connectivity index (χ4n) is 10.6. The summed E-state index contributed by atoms with van der Waals surface area (Å²) in [4.78, 5) is 25.7. The molecule has 3 atom stereocenters. The number of carbonyl (C=O) groups excluding carboxylic acids is 1. The SMILES string of the molecule is CC/C=C\C/C=C\C/C=C\C/C=C\C/C=C\CCCCCCCCCCCCCCCCCCCCCC(=O)NC(COP(=O)([O-])OCC[N+](C)(C)C)C(O)CCCCCCCCCCCCCCCCCCCCCCCCCC. The van der Waals surface area contributed by atoms with Gasteiger partial charge in [0.25, 0.3) is 7.82 Å². The molecule has 0 rings (SSSR count). The minimum absolute atomic E-state index is 0.0131. The molecular formula is C72H137N2O6P. The van der Waals surface area contributed by atoms with Gasteiger partial charge in [-0.1, -0.05) is 338 Å². The number of allylic oxidation sites excluding steroid dienone is 10. The Morgan fingerprint density at radius 3 is 1.10 bits per heavy atom. The quantitative estimate of drug-likeness (QED) is 0.0272. The zero-order valence-electron chi connectivity index (χ0n) is 54.5. The normalized spacial score (nSPS) is 14.0. The van der Waals surface area contributed by atoms with E-state index in [1.807, 2.05) is 21.1 Å². The highest BCUT2D eigenvalue weighted by atomic mass is 31.2. The summed E-state index contributed by atoms with van der Waals surface area (Å²) in [5.41, 5.74) is 0. The molecule has 0 aliphatic carbocycles. The van der Waals surface area contributed by atoms with Gasteiger partial charge in [0.2, 0.25) is 5.91 Å². The summed E-state index contributed by atoms with van der Waals surface area (Å²) in [5.74, 6) is -0.159. The molecule has 0 saturated carbocycles. The molecule has 0 aromatic heterocycles. The van der Waals surface area contributed by atoms with E-state index in [0.29, 0.717) is 23.9 Å². The third-order valence-corrected chi connectivity index (χ3v) is 17.0. The van der Waals surface area contributed by atoms with Gasteiger partial charge in [-0.3, -0.25) is 9.36 Å². The fourth-order valence-corrected chi connectivity index (χ4v) is 11.3. The Bertz CT molecular complexity index is 1500. The summed E-state index contributed by atoms with van der Waals surface area (Å²) in [6, 6.07) is -0.802. The number of nitrogens with zero attached hydrogens (tertiary/aromatic N) is 1. The molecule has 2 N–H and O–H groups in total. The molecule has 0 aromatic carbocycles. The van der Waals surface area contributed by atoms with Crippen molar-refractivity contribution in [3.8, 4) is 0 Å². The lowest BCUT2D eigenvalue weighted by Crippen LogP contribution is -2.46. The highest BCUT2D eigenvalue weighted by Crippen LogP contribution is 2.38. The highest BCUT2D eigenvalue weighted by Gasteiger charge is 2.24. The van der Waals surface area contributed by atoms with Crippen molar-refractivity contribution >= 4 is 13.7 Å². The molecule has 81 heavy (non-hydrogen) atoms. The van der Waals surface area contributed by atoms with Gasteiger partial charge >= 0.3 is 0 Å². The third kappa shape index (κ3) is 65.6. The number of unbranched alkanes of at least 4 members (excludes halogenated alkanes) is 42. The number of rotatable bonds is 65. The van der Waals surface area contributed by atoms with Crippen LogP contribution in [-0.2, 0) is 18.4 Å². The van der Waals surface area contributed by atoms with Crippen LogP contribution in [0, 0.1) is 0 Å². The van der Waals surface area contributed by atoms with Crippen molar-refractivity contribution in [3.63, 3.8) is 0 Å². The van der Waals surface area contributed by atoms with Crippen molar-refractivity contribution in [2.75, 3.05) is 40.9 Å². The summed E-state index contributed by atoms with van der Waals surface area (Å²) in [7, 11) is 1.32. The fraction of sp³-hybridized carbons (Fsp3) is 0.847. The van der Waals surface area contributed by atoms with E-state index in [9.17, 15) is 19.4 Å². The van der Waals surface area contributed by atoms with E-state index in [-0.39, 0.29) is 19.1 Å². The zero-order chi connectivity index (χ0) is 59.1. The average Bonchev–Trinajstić information content (AvgIpc) is 3.43. The molecule has 0 fully saturated rings. The Morgan fingerprint density at radius 2 is 0.753 bits per heavy atom. The van der Waals surface area contributed by atoms with Crippen LogP contribution in [0.5, 0.6) is 0 Å². The summed E-state index contributed by atoms with van der Waals surface area (Å²) in [5, 5.41) is 14.1. The second kappa shape index (κ2) is 62.7. The van der Waals surface area contributed by atoms with Gasteiger partial charge in [-0.15, -0.1) is 0 Å². The molecule has 0 radical (unpaired) electrons. The standard InChI is InChI=1S/C72H137N2O6P/c1-6-8-10-12-14-16-18-20-22-24-26-28-30-32-33-34-35-36-37-38-39-40-41-42-44-46-48-50-52-54-56-58-60-62-64-66-72(76)73-70(69-80-81(77,78)79-68-67-74(3,4)5)71(75)65-63-61-59-57-55-53-51-49-47-45-43-31-29-27-25-23-21-19-17-15-13-11-9-7-2/h8,10,14,16,20,22,26,28,32-33,70-71,75H,6-7,9,11-13,15,17-19,21,23-25,27,29-31,34-69H2,1-5H3,(H-,73,76,77,78)/b10-8-,16-14-,22-20-,28-26-,33-32-. The molecule has 0 saturated heterocycles. The lowest BCUT2D eigenvalue weighted by Gasteiger charge is -2.30. The van der Waals surface area contributed by atoms with Gasteiger partial charge in [-0.25, -0.2) is 0 Å². The first-order chi connectivity index (χ1) is 39.5. The number of hydrogen-bond donors (Lipinski definition) is 2. The minimum Gasteiger partial charge on any atom is -0.756 e. The molecule has 0 heterocycles. The van der Waals surface area contributed by atoms with Crippen LogP contribution in [-0.4, -0.2) is 68.5 Å². The first-order valence-electron chi connectivity index (χ1n) is 35.1. The number of nitrogens with one attached hydrogen (secondary N) is 1. The number of phosphoric ester groups is 1. The van der Waals surface area contributed by atoms with Crippen molar-refractivity contribution in [3.05, 3.63) is 60.8 Å². The lowest BCUT2D eigenvalue weighted by molar-refractivity contribution is -0.870. The van der Waals surface area contributed by atoms with Crippen LogP contribution in [0.2, 0.25) is 0 Å². The predicted octanol–water partition coefficient (Wildman–Crippen LogP) is 21.8. The van der Waals surface area contributed by atoms with E-state index in [2.05, 4.69) is 79.9 Å². The number of carbonyl (C=O) groups is 1. The van der Waals surface area contributed by atoms with Crippen LogP contribution >= 0.6 is 7.82 Å². The first kappa shape index (κ1) is 79.2. The molecule has 9 heteroatoms. The largest absolute Gasteiger partial charge is 0.756 e. The molecule has 0 aliphatic rings. The lowest BCUT2D eigenvalue weighted by atomic mass is 10.0. The molecule has 0 spiro atoms. The van der Waals surface area contributed by atoms with E-state index < -0.39 is 20.0 Å². The first-order valence-corrected chi connectivity index (χ1v) is 36.6. The maximum absolute atomic E-state index is 13.1. The summed E-state index contributed by atoms with van der Waals surface area (Å²) >= 11 is 0. The molecule has 0 bridgehead atoms. The number of hydrogen-bond acceptors (Lipinski definition) is 6. The van der Waals surface area contributed by atoms with Gasteiger partial charge in [0, 0.05) is 6.42 Å². The number of aliphatic hydroxyl groups excluding tert-OH is 1. The topological polar surface area (TPSA) is 108 Å². The number of likely N-dealkylation sites (N-methyl/N-ethyl adjacent to an activating group) is 1. The third-order valence-electron chi connectivity index (χ3n) is 16.0. The Balaban J connectivity index is 3.99. The van der Waals surface area contributed by atoms with Crippen molar-refractivity contribution in [2.45, 2.75) is 353 Å². The van der Waals surface area contributed by atoms with E-state index in [0.717, 1.165) is 70.6 Å². The summed E-state index contributed by atoms with van der Waals surface area (Å²) in [6.45, 7) is 4.66. The highest BCUT2D eigenvalue weighted by molar-refractivity contribution is 7.45. The van der Waals surface area contributed by atoms with E-state index in [4.69, 9.17) is 9.05 Å². The Kier molecular flexibility index (Phi) is 61.3. The molecule has 3 unspecified atom stereocenters. The van der Waals surface area contributed by atoms with Crippen LogP contribution < -0.4 is 10.2 Å². The van der Waals surface area contributed by atoms with Crippen LogP contribution in [0.3, 0.4) is 0 Å². The van der Waals surface area contributed by atoms with E-state index in [1.54, 1.807) is 0 Å². The van der Waals surface area contributed by atoms with Gasteiger partial charge in [0.1, 0.15) is 13.2 Å². The molecule has 0 aliphatic heterocycles. The maximum atomic E-state index is 13.1. The minimum atomic E-state index is -4.58. The van der Waals surface area contributed by atoms with Gasteiger partial charge in [0.05, 0.1) is 39.9 Å². The monoisotopic (exact) mass is 1160 g/mol. The molecule has 1 amide bonds. The van der Waals surface area contributed by atoms with E-state index in [1.165, 1.54) is 244 Å². The molecule has 476 valence electrons. The number of amides is 1. The van der Waals surface area contributed by atoms with Crippen molar-refractivity contribution < 1.29 is 32.9 Å². The second-order valence-electron chi connectivity index (χ2n) is 25.2. The smallest absolute Gasteiger partial charge is 0.268 e. The Labute approximate surface area is 504 Å². The zero-order valence-corrected chi connectivity index (χ0v) is 55.4. The van der Waals surface area contributed by atoms with E-state index >= 15 is 0 Å². The summed E-state index contributed by atoms with van der Waals surface area (Å²) < 4.78 is 23.5. The number of aliphatic hydroxyl groups is 1. The van der Waals surface area contributed by atoms with Crippen molar-refractivity contribution in [2.24, 2.45) is 0 Å². The average molecular weight is 1160 g/mol. The molecule has 8 nitrogen and oxygen atoms in total. The van der Waals surface area contributed by atoms with Gasteiger partial charge in [-0.05, 0) is 57.8 Å². The predicted molar refractivity (Wildman–Crippen MR) is 353 cm³/mol. The van der Waals surface area contributed by atoms with Gasteiger partial charge in [0.15, 0.2) is 0 Å². The van der Waals surface area contributed by atoms with Gasteiger partial charge in [-0.2, -0.15) is 0 Å². The van der Waals surface area contributed by atoms with Crippen LogP contribution in [0.25, 0.3) is 0 Å².